The van der Waals surface area contributed by atoms with Crippen molar-refractivity contribution in [3.8, 4) is 0 Å². The summed E-state index contributed by atoms with van der Waals surface area (Å²) in [6.45, 7) is 15.0. The molecule has 0 spiro atoms. The lowest BCUT2D eigenvalue weighted by molar-refractivity contribution is -0.0499. The van der Waals surface area contributed by atoms with Crippen LogP contribution in [0.2, 0.25) is 0 Å². The molecule has 4 aliphatic rings. The van der Waals surface area contributed by atoms with E-state index in [1.54, 1.807) is 0 Å². The van der Waals surface area contributed by atoms with Crippen molar-refractivity contribution in [3.05, 3.63) is 47.0 Å². The molecule has 4 aliphatic carbocycles. The van der Waals surface area contributed by atoms with Gasteiger partial charge in [-0.3, -0.25) is 0 Å². The van der Waals surface area contributed by atoms with Crippen molar-refractivity contribution in [2.45, 2.75) is 118 Å². The maximum Gasteiger partial charge on any atom is 0.338 e. The van der Waals surface area contributed by atoms with Gasteiger partial charge in [0.25, 0.3) is 0 Å². The van der Waals surface area contributed by atoms with E-state index in [2.05, 4.69) is 41.5 Å². The average Bonchev–Trinajstić information content (AvgIpc) is 3.25. The minimum Gasteiger partial charge on any atom is -0.459 e. The van der Waals surface area contributed by atoms with Crippen molar-refractivity contribution in [3.63, 3.8) is 0 Å². The van der Waals surface area contributed by atoms with E-state index in [4.69, 9.17) is 4.74 Å². The first-order valence-corrected chi connectivity index (χ1v) is 15.6. The summed E-state index contributed by atoms with van der Waals surface area (Å²) in [5.41, 5.74) is 5.29. The normalized spacial score (nSPS) is 36.9. The Labute approximate surface area is 227 Å². The number of allylic oxidation sites excluding steroid dienone is 2. The van der Waals surface area contributed by atoms with Crippen LogP contribution in [0.1, 0.15) is 123 Å². The SMILES string of the molecule is CC(C)[C@@H](C)CC[C@@H](C)[C@@H]1CCC2=C3CC[C@H]4C[C@H](OC(=O)c5ccccc5)CC[C@]4(C)[C@@H]3CC[C@]21C. The highest BCUT2D eigenvalue weighted by molar-refractivity contribution is 5.89. The number of carbonyl (C=O) groups is 1. The van der Waals surface area contributed by atoms with E-state index in [1.165, 1.54) is 57.8 Å². The molecule has 204 valence electrons. The van der Waals surface area contributed by atoms with E-state index in [0.29, 0.717) is 22.3 Å². The predicted octanol–water partition coefficient (Wildman–Crippen LogP) is 9.64. The molecule has 0 saturated heterocycles. The molecular formula is C35H52O2. The lowest BCUT2D eigenvalue weighted by Crippen LogP contribution is -2.48. The maximum absolute atomic E-state index is 12.7. The zero-order valence-electron chi connectivity index (χ0n) is 24.5. The highest BCUT2D eigenvalue weighted by Gasteiger charge is 2.56. The standard InChI is InChI=1S/C35H52O2/c1-23(2)24(3)12-13-25(4)30-16-17-31-29-15-14-27-22-28(37-33(36)26-10-8-7-9-11-26)18-20-34(27,5)32(29)19-21-35(30,31)6/h7-11,23-25,27-28,30,32H,12-22H2,1-6H3/t24-,25+,27-,28+,30-,32+,34-,35-/m0/s1. The Morgan fingerprint density at radius 1 is 0.946 bits per heavy atom. The van der Waals surface area contributed by atoms with Crippen molar-refractivity contribution >= 4 is 5.97 Å². The van der Waals surface area contributed by atoms with E-state index in [0.717, 1.165) is 42.4 Å². The van der Waals surface area contributed by atoms with Crippen molar-refractivity contribution in [2.24, 2.45) is 46.3 Å². The summed E-state index contributed by atoms with van der Waals surface area (Å²) >= 11 is 0. The second kappa shape index (κ2) is 10.5. The van der Waals surface area contributed by atoms with E-state index in [1.807, 2.05) is 41.5 Å². The van der Waals surface area contributed by atoms with Gasteiger partial charge in [0.15, 0.2) is 0 Å². The Kier molecular flexibility index (Phi) is 7.69. The zero-order valence-corrected chi connectivity index (χ0v) is 24.5. The van der Waals surface area contributed by atoms with Crippen LogP contribution in [0, 0.1) is 46.3 Å². The fourth-order valence-electron chi connectivity index (χ4n) is 9.36. The summed E-state index contributed by atoms with van der Waals surface area (Å²) in [6, 6.07) is 9.53. The number of esters is 1. The molecule has 3 saturated carbocycles. The molecule has 37 heavy (non-hydrogen) atoms. The van der Waals surface area contributed by atoms with Crippen LogP contribution in [0.5, 0.6) is 0 Å². The topological polar surface area (TPSA) is 26.3 Å². The van der Waals surface area contributed by atoms with Crippen LogP contribution >= 0.6 is 0 Å². The molecule has 0 aromatic heterocycles. The van der Waals surface area contributed by atoms with Crippen LogP contribution in [0.4, 0.5) is 0 Å². The van der Waals surface area contributed by atoms with Crippen LogP contribution in [-0.2, 0) is 4.74 Å². The lowest BCUT2D eigenvalue weighted by atomic mass is 9.48. The number of benzene rings is 1. The second-order valence-electron chi connectivity index (χ2n) is 14.3. The van der Waals surface area contributed by atoms with E-state index in [9.17, 15) is 4.79 Å². The first-order valence-electron chi connectivity index (χ1n) is 15.6. The van der Waals surface area contributed by atoms with Gasteiger partial charge in [0, 0.05) is 0 Å². The van der Waals surface area contributed by atoms with Crippen LogP contribution in [0.3, 0.4) is 0 Å². The van der Waals surface area contributed by atoms with Gasteiger partial charge in [0.05, 0.1) is 5.56 Å². The largest absolute Gasteiger partial charge is 0.459 e. The minimum atomic E-state index is -0.143. The number of hydrogen-bond acceptors (Lipinski definition) is 2. The Hall–Kier alpha value is -1.57. The number of hydrogen-bond donors (Lipinski definition) is 0. The third-order valence-corrected chi connectivity index (χ3v) is 12.2. The molecule has 2 nitrogen and oxygen atoms in total. The number of ether oxygens (including phenoxy) is 1. The summed E-state index contributed by atoms with van der Waals surface area (Å²) in [5.74, 6) is 4.64. The molecule has 1 aromatic rings. The Bertz CT molecular complexity index is 992. The van der Waals surface area contributed by atoms with Crippen molar-refractivity contribution in [1.29, 1.82) is 0 Å². The van der Waals surface area contributed by atoms with Gasteiger partial charge in [0.1, 0.15) is 6.10 Å². The molecule has 3 fully saturated rings. The van der Waals surface area contributed by atoms with Gasteiger partial charge in [-0.05, 0) is 116 Å². The average molecular weight is 505 g/mol. The molecular weight excluding hydrogens is 452 g/mol. The number of rotatable bonds is 7. The summed E-state index contributed by atoms with van der Waals surface area (Å²) in [5, 5.41) is 0. The highest BCUT2D eigenvalue weighted by atomic mass is 16.5. The van der Waals surface area contributed by atoms with Gasteiger partial charge in [-0.1, -0.05) is 83.7 Å². The van der Waals surface area contributed by atoms with Crippen LogP contribution in [0.15, 0.2) is 41.5 Å². The van der Waals surface area contributed by atoms with Crippen molar-refractivity contribution < 1.29 is 9.53 Å². The first kappa shape index (κ1) is 27.0. The first-order chi connectivity index (χ1) is 17.6. The Morgan fingerprint density at radius 2 is 1.70 bits per heavy atom. The van der Waals surface area contributed by atoms with E-state index < -0.39 is 0 Å². The van der Waals surface area contributed by atoms with Crippen LogP contribution in [0.25, 0.3) is 0 Å². The van der Waals surface area contributed by atoms with Crippen LogP contribution in [-0.4, -0.2) is 12.1 Å². The Morgan fingerprint density at radius 3 is 2.43 bits per heavy atom. The molecule has 0 unspecified atom stereocenters. The van der Waals surface area contributed by atoms with Gasteiger partial charge in [-0.15, -0.1) is 0 Å². The van der Waals surface area contributed by atoms with Gasteiger partial charge < -0.3 is 4.74 Å². The summed E-state index contributed by atoms with van der Waals surface area (Å²) < 4.78 is 6.04. The monoisotopic (exact) mass is 504 g/mol. The van der Waals surface area contributed by atoms with Crippen molar-refractivity contribution in [1.82, 2.24) is 0 Å². The molecule has 8 atom stereocenters. The van der Waals surface area contributed by atoms with E-state index in [-0.39, 0.29) is 12.1 Å². The van der Waals surface area contributed by atoms with Gasteiger partial charge >= 0.3 is 5.97 Å². The molecule has 0 heterocycles. The summed E-state index contributed by atoms with van der Waals surface area (Å²) in [4.78, 5) is 12.7. The molecule has 0 aliphatic heterocycles. The number of carbonyl (C=O) groups excluding carboxylic acids is 1. The quantitative estimate of drug-likeness (QED) is 0.273. The minimum absolute atomic E-state index is 0.0822. The molecule has 0 bridgehead atoms. The molecule has 0 radical (unpaired) electrons. The van der Waals surface area contributed by atoms with Gasteiger partial charge in [0.2, 0.25) is 0 Å². The van der Waals surface area contributed by atoms with Crippen molar-refractivity contribution in [2.75, 3.05) is 0 Å². The second-order valence-corrected chi connectivity index (χ2v) is 14.3. The third kappa shape index (κ3) is 4.96. The summed E-state index contributed by atoms with van der Waals surface area (Å²) in [7, 11) is 0. The smallest absolute Gasteiger partial charge is 0.338 e. The molecule has 1 aromatic carbocycles. The molecule has 2 heteroatoms. The number of fused-ring (bicyclic) bond motifs is 4. The van der Waals surface area contributed by atoms with Crippen LogP contribution < -0.4 is 0 Å². The maximum atomic E-state index is 12.7. The highest BCUT2D eigenvalue weighted by Crippen LogP contribution is 2.66. The molecule has 0 N–H and O–H groups in total. The molecule has 0 amide bonds. The lowest BCUT2D eigenvalue weighted by Gasteiger charge is -2.57. The zero-order chi connectivity index (χ0) is 26.4. The predicted molar refractivity (Wildman–Crippen MR) is 153 cm³/mol. The fraction of sp³-hybridized carbons (Fsp3) is 0.743. The fourth-order valence-corrected chi connectivity index (χ4v) is 9.36. The Balaban J connectivity index is 1.27. The van der Waals surface area contributed by atoms with E-state index >= 15 is 0 Å². The third-order valence-electron chi connectivity index (χ3n) is 12.2. The summed E-state index contributed by atoms with van der Waals surface area (Å²) in [6.07, 6.45) is 14.3. The van der Waals surface area contributed by atoms with Gasteiger partial charge in [-0.25, -0.2) is 4.79 Å². The van der Waals surface area contributed by atoms with Gasteiger partial charge in [-0.2, -0.15) is 0 Å². The molecule has 5 rings (SSSR count).